The topological polar surface area (TPSA) is 53.2 Å². The number of aliphatic hydroxyl groups excluding tert-OH is 1. The first-order chi connectivity index (χ1) is 12.0. The van der Waals surface area contributed by atoms with Gasteiger partial charge in [0.1, 0.15) is 23.4 Å². The highest BCUT2D eigenvalue weighted by Crippen LogP contribution is 2.51. The number of ether oxygens (including phenoxy) is 1. The van der Waals surface area contributed by atoms with Crippen molar-refractivity contribution >= 4 is 0 Å². The number of hydrogen-bond acceptors (Lipinski definition) is 3. The molecule has 9 heteroatoms. The van der Waals surface area contributed by atoms with Crippen LogP contribution in [0.1, 0.15) is 28.4 Å². The van der Waals surface area contributed by atoms with E-state index in [1.165, 1.54) is 0 Å². The molecule has 26 heavy (non-hydrogen) atoms. The third kappa shape index (κ3) is 3.08. The van der Waals surface area contributed by atoms with E-state index in [1.807, 2.05) is 0 Å². The van der Waals surface area contributed by atoms with Gasteiger partial charge in [0.15, 0.2) is 0 Å². The van der Waals surface area contributed by atoms with Crippen molar-refractivity contribution in [3.63, 3.8) is 0 Å². The number of halogens is 6. The van der Waals surface area contributed by atoms with Crippen LogP contribution in [-0.2, 0) is 12.6 Å². The van der Waals surface area contributed by atoms with Crippen molar-refractivity contribution in [1.82, 2.24) is 0 Å². The van der Waals surface area contributed by atoms with Crippen molar-refractivity contribution < 1.29 is 36.2 Å². The molecule has 0 saturated heterocycles. The SMILES string of the molecule is N#Cc1cc(F)cc(Oc2ccc(C(F)(F)F)c3c2CC(F)(F)C3O)c1. The largest absolute Gasteiger partial charge is 0.457 e. The molecule has 3 nitrogen and oxygen atoms in total. The molecule has 0 aromatic heterocycles. The Bertz CT molecular complexity index is 917. The quantitative estimate of drug-likeness (QED) is 0.774. The highest BCUT2D eigenvalue weighted by molar-refractivity contribution is 5.53. The van der Waals surface area contributed by atoms with Crippen molar-refractivity contribution in [2.24, 2.45) is 0 Å². The molecule has 0 fully saturated rings. The van der Waals surface area contributed by atoms with Crippen LogP contribution in [0.2, 0.25) is 0 Å². The maximum Gasteiger partial charge on any atom is 0.416 e. The van der Waals surface area contributed by atoms with E-state index >= 15 is 0 Å². The Morgan fingerprint density at radius 2 is 1.88 bits per heavy atom. The third-order valence-electron chi connectivity index (χ3n) is 3.93. The standard InChI is InChI=1S/C17H9F6NO2/c18-9-3-8(7-24)4-10(5-9)26-13-2-1-12(17(21,22)23)14-11(13)6-16(19,20)15(14)25/h1-5,15,25H,6H2. The molecule has 1 aliphatic rings. The maximum atomic E-state index is 13.8. The average Bonchev–Trinajstić information content (AvgIpc) is 2.77. The first kappa shape index (κ1) is 18.1. The lowest BCUT2D eigenvalue weighted by Gasteiger charge is -2.18. The van der Waals surface area contributed by atoms with E-state index in [0.717, 1.165) is 24.3 Å². The van der Waals surface area contributed by atoms with Crippen LogP contribution in [0.15, 0.2) is 30.3 Å². The first-order valence-electron chi connectivity index (χ1n) is 7.20. The van der Waals surface area contributed by atoms with Gasteiger partial charge in [-0.25, -0.2) is 13.2 Å². The molecule has 0 bridgehead atoms. The lowest BCUT2D eigenvalue weighted by Crippen LogP contribution is -2.23. The number of rotatable bonds is 2. The van der Waals surface area contributed by atoms with E-state index in [9.17, 15) is 31.4 Å². The number of hydrogen-bond donors (Lipinski definition) is 1. The smallest absolute Gasteiger partial charge is 0.416 e. The molecule has 0 heterocycles. The summed E-state index contributed by atoms with van der Waals surface area (Å²) in [6, 6.07) is 5.88. The molecular weight excluding hydrogens is 364 g/mol. The third-order valence-corrected chi connectivity index (χ3v) is 3.93. The van der Waals surface area contributed by atoms with Crippen molar-refractivity contribution in [2.45, 2.75) is 24.6 Å². The second-order valence-electron chi connectivity index (χ2n) is 5.73. The van der Waals surface area contributed by atoms with E-state index in [4.69, 9.17) is 10.00 Å². The molecule has 2 aromatic carbocycles. The van der Waals surface area contributed by atoms with Crippen LogP contribution < -0.4 is 4.74 Å². The highest BCUT2D eigenvalue weighted by Gasteiger charge is 2.52. The van der Waals surface area contributed by atoms with Crippen LogP contribution in [-0.4, -0.2) is 11.0 Å². The molecule has 0 aliphatic heterocycles. The monoisotopic (exact) mass is 373 g/mol. The Balaban J connectivity index is 2.12. The molecular formula is C17H9F6NO2. The van der Waals surface area contributed by atoms with Crippen molar-refractivity contribution in [3.05, 3.63) is 58.4 Å². The molecule has 1 N–H and O–H groups in total. The first-order valence-corrected chi connectivity index (χ1v) is 7.20. The summed E-state index contributed by atoms with van der Waals surface area (Å²) in [7, 11) is 0. The highest BCUT2D eigenvalue weighted by atomic mass is 19.4. The maximum absolute atomic E-state index is 13.8. The van der Waals surface area contributed by atoms with Gasteiger partial charge >= 0.3 is 6.18 Å². The zero-order chi connectivity index (χ0) is 19.3. The van der Waals surface area contributed by atoms with Crippen LogP contribution >= 0.6 is 0 Å². The lowest BCUT2D eigenvalue weighted by molar-refractivity contribution is -0.142. The minimum absolute atomic E-state index is 0.117. The number of nitriles is 1. The lowest BCUT2D eigenvalue weighted by atomic mass is 10.0. The average molecular weight is 373 g/mol. The summed E-state index contributed by atoms with van der Waals surface area (Å²) < 4.78 is 85.6. The van der Waals surface area contributed by atoms with Gasteiger partial charge in [0.25, 0.3) is 5.92 Å². The Morgan fingerprint density at radius 3 is 2.50 bits per heavy atom. The fraction of sp³-hybridized carbons (Fsp3) is 0.235. The normalized spacial score (nSPS) is 18.3. The fourth-order valence-corrected chi connectivity index (χ4v) is 2.84. The summed E-state index contributed by atoms with van der Waals surface area (Å²) >= 11 is 0. The minimum Gasteiger partial charge on any atom is -0.457 e. The Kier molecular flexibility index (Phi) is 4.11. The van der Waals surface area contributed by atoms with Gasteiger partial charge in [0, 0.05) is 23.6 Å². The number of nitrogens with zero attached hydrogens (tertiary/aromatic N) is 1. The minimum atomic E-state index is -4.95. The van der Waals surface area contributed by atoms with Gasteiger partial charge in [0.05, 0.1) is 17.2 Å². The van der Waals surface area contributed by atoms with E-state index in [2.05, 4.69) is 0 Å². The molecule has 1 atom stereocenters. The van der Waals surface area contributed by atoms with Gasteiger partial charge in [-0.3, -0.25) is 0 Å². The summed E-state index contributed by atoms with van der Waals surface area (Å²) in [6.07, 6.45) is -8.75. The van der Waals surface area contributed by atoms with E-state index in [0.29, 0.717) is 6.07 Å². The van der Waals surface area contributed by atoms with Gasteiger partial charge < -0.3 is 9.84 Å². The van der Waals surface area contributed by atoms with Crippen LogP contribution in [0.5, 0.6) is 11.5 Å². The predicted molar refractivity (Wildman–Crippen MR) is 76.2 cm³/mol. The van der Waals surface area contributed by atoms with E-state index in [1.54, 1.807) is 6.07 Å². The number of fused-ring (bicyclic) bond motifs is 1. The molecule has 3 rings (SSSR count). The molecule has 0 saturated carbocycles. The second kappa shape index (κ2) is 5.92. The molecule has 1 aliphatic carbocycles. The zero-order valence-corrected chi connectivity index (χ0v) is 12.7. The van der Waals surface area contributed by atoms with Gasteiger partial charge in [-0.05, 0) is 24.3 Å². The summed E-state index contributed by atoms with van der Waals surface area (Å²) in [6.45, 7) is 0. The molecule has 136 valence electrons. The van der Waals surface area contributed by atoms with Crippen molar-refractivity contribution in [3.8, 4) is 17.6 Å². The van der Waals surface area contributed by atoms with Crippen LogP contribution in [0.4, 0.5) is 26.3 Å². The van der Waals surface area contributed by atoms with Crippen LogP contribution in [0.3, 0.4) is 0 Å². The Hall–Kier alpha value is -2.73. The molecule has 0 radical (unpaired) electrons. The summed E-state index contributed by atoms with van der Waals surface area (Å²) in [5.74, 6) is -5.26. The molecule has 1 unspecified atom stereocenters. The van der Waals surface area contributed by atoms with Crippen LogP contribution in [0, 0.1) is 17.1 Å². The Labute approximate surface area is 143 Å². The molecule has 0 amide bonds. The number of benzene rings is 2. The molecule has 2 aromatic rings. The van der Waals surface area contributed by atoms with E-state index < -0.39 is 47.1 Å². The van der Waals surface area contributed by atoms with Gasteiger partial charge in [-0.15, -0.1) is 0 Å². The van der Waals surface area contributed by atoms with Gasteiger partial charge in [-0.1, -0.05) is 0 Å². The fourth-order valence-electron chi connectivity index (χ4n) is 2.84. The summed E-state index contributed by atoms with van der Waals surface area (Å²) in [5.41, 5.74) is -2.98. The molecule has 0 spiro atoms. The number of aliphatic hydroxyl groups is 1. The summed E-state index contributed by atoms with van der Waals surface area (Å²) in [4.78, 5) is 0. The predicted octanol–water partition coefficient (Wildman–Crippen LogP) is 4.73. The number of alkyl halides is 5. The second-order valence-corrected chi connectivity index (χ2v) is 5.73. The summed E-state index contributed by atoms with van der Waals surface area (Å²) in [5, 5.41) is 18.5. The van der Waals surface area contributed by atoms with Gasteiger partial charge in [0.2, 0.25) is 0 Å². The van der Waals surface area contributed by atoms with Crippen molar-refractivity contribution in [1.29, 1.82) is 5.26 Å². The van der Waals surface area contributed by atoms with Crippen LogP contribution in [0.25, 0.3) is 0 Å². The van der Waals surface area contributed by atoms with Gasteiger partial charge in [-0.2, -0.15) is 18.4 Å². The Morgan fingerprint density at radius 1 is 1.19 bits per heavy atom. The van der Waals surface area contributed by atoms with Crippen molar-refractivity contribution in [2.75, 3.05) is 0 Å². The zero-order valence-electron chi connectivity index (χ0n) is 12.7. The van der Waals surface area contributed by atoms with E-state index in [-0.39, 0.29) is 17.1 Å².